The highest BCUT2D eigenvalue weighted by Gasteiger charge is 2.18. The van der Waals surface area contributed by atoms with Gasteiger partial charge in [-0.25, -0.2) is 0 Å². The normalized spacial score (nSPS) is 29.1. The molecular formula is C12H25N. The molecule has 0 spiro atoms. The molecule has 0 aromatic heterocycles. The summed E-state index contributed by atoms with van der Waals surface area (Å²) >= 11 is 0. The molecule has 0 aliphatic heterocycles. The van der Waals surface area contributed by atoms with E-state index in [1.165, 1.54) is 51.4 Å². The zero-order valence-electron chi connectivity index (χ0n) is 9.31. The lowest BCUT2D eigenvalue weighted by molar-refractivity contribution is 0.283. The summed E-state index contributed by atoms with van der Waals surface area (Å²) in [5.41, 5.74) is 0. The minimum atomic E-state index is 0.822. The second-order valence-electron chi connectivity index (χ2n) is 4.50. The van der Waals surface area contributed by atoms with Crippen LogP contribution in [0.5, 0.6) is 0 Å². The molecule has 78 valence electrons. The molecule has 1 nitrogen and oxygen atoms in total. The SMILES string of the molecule is CCCCCC1CCC(NC)CC1. The van der Waals surface area contributed by atoms with E-state index in [-0.39, 0.29) is 0 Å². The molecule has 0 aromatic rings. The van der Waals surface area contributed by atoms with Crippen molar-refractivity contribution in [2.45, 2.75) is 64.3 Å². The van der Waals surface area contributed by atoms with E-state index < -0.39 is 0 Å². The molecule has 0 amide bonds. The minimum Gasteiger partial charge on any atom is -0.317 e. The highest BCUT2D eigenvalue weighted by atomic mass is 14.9. The number of hydrogen-bond acceptors (Lipinski definition) is 1. The Kier molecular flexibility index (Phi) is 5.45. The molecule has 0 atom stereocenters. The van der Waals surface area contributed by atoms with Crippen molar-refractivity contribution in [3.63, 3.8) is 0 Å². The maximum atomic E-state index is 3.39. The van der Waals surface area contributed by atoms with Gasteiger partial charge in [0, 0.05) is 6.04 Å². The van der Waals surface area contributed by atoms with Crippen molar-refractivity contribution in [1.29, 1.82) is 0 Å². The molecular weight excluding hydrogens is 158 g/mol. The molecule has 0 aromatic carbocycles. The Bertz CT molecular complexity index is 112. The molecule has 0 unspecified atom stereocenters. The van der Waals surface area contributed by atoms with Gasteiger partial charge in [-0.1, -0.05) is 32.6 Å². The smallest absolute Gasteiger partial charge is 0.00642 e. The number of unbranched alkanes of at least 4 members (excludes halogenated alkanes) is 2. The molecule has 13 heavy (non-hydrogen) atoms. The number of rotatable bonds is 5. The van der Waals surface area contributed by atoms with E-state index in [9.17, 15) is 0 Å². The van der Waals surface area contributed by atoms with Crippen LogP contribution in [0.3, 0.4) is 0 Å². The number of hydrogen-bond donors (Lipinski definition) is 1. The van der Waals surface area contributed by atoms with Gasteiger partial charge in [-0.05, 0) is 38.6 Å². The van der Waals surface area contributed by atoms with Gasteiger partial charge in [0.2, 0.25) is 0 Å². The first-order valence-corrected chi connectivity index (χ1v) is 6.04. The average Bonchev–Trinajstić information content (AvgIpc) is 2.19. The van der Waals surface area contributed by atoms with Crippen LogP contribution in [0, 0.1) is 5.92 Å². The van der Waals surface area contributed by atoms with Crippen LogP contribution in [-0.2, 0) is 0 Å². The van der Waals surface area contributed by atoms with Gasteiger partial charge in [0.25, 0.3) is 0 Å². The van der Waals surface area contributed by atoms with Gasteiger partial charge < -0.3 is 5.32 Å². The monoisotopic (exact) mass is 183 g/mol. The molecule has 1 aliphatic rings. The molecule has 0 heterocycles. The van der Waals surface area contributed by atoms with Gasteiger partial charge in [0.15, 0.2) is 0 Å². The van der Waals surface area contributed by atoms with Crippen molar-refractivity contribution in [2.75, 3.05) is 7.05 Å². The third-order valence-electron chi connectivity index (χ3n) is 3.47. The first-order chi connectivity index (χ1) is 6.36. The Balaban J connectivity index is 2.03. The first kappa shape index (κ1) is 11.0. The van der Waals surface area contributed by atoms with Crippen LogP contribution in [-0.4, -0.2) is 13.1 Å². The predicted octanol–water partition coefficient (Wildman–Crippen LogP) is 3.34. The van der Waals surface area contributed by atoms with E-state index in [4.69, 9.17) is 0 Å². The fourth-order valence-electron chi connectivity index (χ4n) is 2.42. The van der Waals surface area contributed by atoms with E-state index in [2.05, 4.69) is 19.3 Å². The maximum absolute atomic E-state index is 3.39. The Hall–Kier alpha value is -0.0400. The molecule has 1 aliphatic carbocycles. The summed E-state index contributed by atoms with van der Waals surface area (Å²) in [4.78, 5) is 0. The van der Waals surface area contributed by atoms with Gasteiger partial charge in [0.05, 0.1) is 0 Å². The topological polar surface area (TPSA) is 12.0 Å². The van der Waals surface area contributed by atoms with Crippen LogP contribution >= 0.6 is 0 Å². The summed E-state index contributed by atoms with van der Waals surface area (Å²) in [6, 6.07) is 0.822. The fraction of sp³-hybridized carbons (Fsp3) is 1.00. The van der Waals surface area contributed by atoms with Gasteiger partial charge in [0.1, 0.15) is 0 Å². The van der Waals surface area contributed by atoms with Crippen LogP contribution in [0.2, 0.25) is 0 Å². The van der Waals surface area contributed by atoms with Crippen molar-refractivity contribution >= 4 is 0 Å². The van der Waals surface area contributed by atoms with Gasteiger partial charge in [-0.2, -0.15) is 0 Å². The highest BCUT2D eigenvalue weighted by Crippen LogP contribution is 2.28. The summed E-state index contributed by atoms with van der Waals surface area (Å²) < 4.78 is 0. The lowest BCUT2D eigenvalue weighted by Gasteiger charge is -2.28. The van der Waals surface area contributed by atoms with Crippen LogP contribution in [0.15, 0.2) is 0 Å². The average molecular weight is 183 g/mol. The Morgan fingerprint density at radius 1 is 1.08 bits per heavy atom. The molecule has 1 fully saturated rings. The third-order valence-corrected chi connectivity index (χ3v) is 3.47. The van der Waals surface area contributed by atoms with E-state index in [1.54, 1.807) is 0 Å². The molecule has 0 bridgehead atoms. The summed E-state index contributed by atoms with van der Waals surface area (Å²) in [5.74, 6) is 1.05. The van der Waals surface area contributed by atoms with Crippen molar-refractivity contribution in [2.24, 2.45) is 5.92 Å². The largest absolute Gasteiger partial charge is 0.317 e. The summed E-state index contributed by atoms with van der Waals surface area (Å²) in [5, 5.41) is 3.39. The predicted molar refractivity (Wildman–Crippen MR) is 58.9 cm³/mol. The summed E-state index contributed by atoms with van der Waals surface area (Å²) in [6.07, 6.45) is 11.5. The fourth-order valence-corrected chi connectivity index (χ4v) is 2.42. The maximum Gasteiger partial charge on any atom is 0.00642 e. The third kappa shape index (κ3) is 4.12. The highest BCUT2D eigenvalue weighted by molar-refractivity contribution is 4.75. The Labute approximate surface area is 83.3 Å². The second kappa shape index (κ2) is 6.42. The van der Waals surface area contributed by atoms with Crippen molar-refractivity contribution in [1.82, 2.24) is 5.32 Å². The molecule has 1 rings (SSSR count). The van der Waals surface area contributed by atoms with Crippen LogP contribution in [0.4, 0.5) is 0 Å². The van der Waals surface area contributed by atoms with E-state index in [1.807, 2.05) is 0 Å². The van der Waals surface area contributed by atoms with Crippen molar-refractivity contribution in [3.05, 3.63) is 0 Å². The molecule has 1 N–H and O–H groups in total. The lowest BCUT2D eigenvalue weighted by Crippen LogP contribution is -2.30. The Morgan fingerprint density at radius 3 is 2.31 bits per heavy atom. The van der Waals surface area contributed by atoms with Gasteiger partial charge in [-0.15, -0.1) is 0 Å². The van der Waals surface area contributed by atoms with Gasteiger partial charge >= 0.3 is 0 Å². The van der Waals surface area contributed by atoms with E-state index >= 15 is 0 Å². The quantitative estimate of drug-likeness (QED) is 0.645. The zero-order valence-corrected chi connectivity index (χ0v) is 9.31. The van der Waals surface area contributed by atoms with Crippen molar-refractivity contribution in [3.8, 4) is 0 Å². The van der Waals surface area contributed by atoms with Crippen LogP contribution in [0.1, 0.15) is 58.3 Å². The van der Waals surface area contributed by atoms with E-state index in [0.29, 0.717) is 0 Å². The number of nitrogens with one attached hydrogen (secondary N) is 1. The molecule has 0 radical (unpaired) electrons. The van der Waals surface area contributed by atoms with E-state index in [0.717, 1.165) is 12.0 Å². The second-order valence-corrected chi connectivity index (χ2v) is 4.50. The molecule has 0 saturated heterocycles. The van der Waals surface area contributed by atoms with Crippen molar-refractivity contribution < 1.29 is 0 Å². The van der Waals surface area contributed by atoms with Crippen LogP contribution in [0.25, 0.3) is 0 Å². The minimum absolute atomic E-state index is 0.822. The summed E-state index contributed by atoms with van der Waals surface area (Å²) in [6.45, 7) is 2.29. The van der Waals surface area contributed by atoms with Gasteiger partial charge in [-0.3, -0.25) is 0 Å². The lowest BCUT2D eigenvalue weighted by atomic mass is 9.83. The zero-order chi connectivity index (χ0) is 9.52. The first-order valence-electron chi connectivity index (χ1n) is 6.04. The summed E-state index contributed by atoms with van der Waals surface area (Å²) in [7, 11) is 2.10. The Morgan fingerprint density at radius 2 is 1.77 bits per heavy atom. The standard InChI is InChI=1S/C12H25N/c1-3-4-5-6-11-7-9-12(13-2)10-8-11/h11-13H,3-10H2,1-2H3. The molecule has 1 heteroatoms. The molecule has 1 saturated carbocycles. The van der Waals surface area contributed by atoms with Crippen LogP contribution < -0.4 is 5.32 Å².